The Hall–Kier alpha value is -3.53. The Morgan fingerprint density at radius 3 is 2.90 bits per heavy atom. The van der Waals surface area contributed by atoms with Crippen LogP contribution in [-0.4, -0.2) is 44.8 Å². The molecule has 2 aromatic heterocycles. The second-order valence-corrected chi connectivity index (χ2v) is 8.02. The van der Waals surface area contributed by atoms with E-state index >= 15 is 0 Å². The van der Waals surface area contributed by atoms with Crippen LogP contribution in [0.15, 0.2) is 46.7 Å². The highest BCUT2D eigenvalue weighted by molar-refractivity contribution is 7.15. The summed E-state index contributed by atoms with van der Waals surface area (Å²) in [6.07, 6.45) is 1.86. The molecule has 5 rings (SSSR count). The minimum atomic E-state index is -1.55. The lowest BCUT2D eigenvalue weighted by molar-refractivity contribution is -0.158. The standard InChI is InChI=1S/C20H16N4O5S/c1-22-17(27)13-4-2-3-5-14(13)24-15(25)6-7-20(22,24)18(28)29-11-12-10-16(26)23-8-9-30-19(23)21-12/h2-5,8-10H,6-7,11H2,1H3. The third-order valence-electron chi connectivity index (χ3n) is 5.58. The van der Waals surface area contributed by atoms with Crippen LogP contribution in [0.3, 0.4) is 0 Å². The summed E-state index contributed by atoms with van der Waals surface area (Å²) in [6.45, 7) is -0.240. The molecular weight excluding hydrogens is 408 g/mol. The van der Waals surface area contributed by atoms with Crippen LogP contribution >= 0.6 is 11.3 Å². The second-order valence-electron chi connectivity index (χ2n) is 7.14. The Morgan fingerprint density at radius 1 is 1.27 bits per heavy atom. The number of para-hydroxylation sites is 1. The van der Waals surface area contributed by atoms with Gasteiger partial charge in [0.1, 0.15) is 6.61 Å². The highest BCUT2D eigenvalue weighted by Crippen LogP contribution is 2.44. The Morgan fingerprint density at radius 2 is 2.07 bits per heavy atom. The van der Waals surface area contributed by atoms with Crippen molar-refractivity contribution in [3.8, 4) is 0 Å². The predicted octanol–water partition coefficient (Wildman–Crippen LogP) is 1.41. The molecule has 9 nitrogen and oxygen atoms in total. The Balaban J connectivity index is 1.50. The largest absolute Gasteiger partial charge is 0.456 e. The molecule has 1 atom stereocenters. The lowest BCUT2D eigenvalue weighted by Gasteiger charge is -2.46. The molecule has 1 aromatic carbocycles. The molecule has 0 bridgehead atoms. The predicted molar refractivity (Wildman–Crippen MR) is 107 cm³/mol. The highest BCUT2D eigenvalue weighted by Gasteiger charge is 2.60. The summed E-state index contributed by atoms with van der Waals surface area (Å²) in [5.74, 6) is -1.34. The molecule has 1 fully saturated rings. The molecule has 1 saturated heterocycles. The molecule has 10 heteroatoms. The molecular formula is C20H16N4O5S. The van der Waals surface area contributed by atoms with Crippen LogP contribution in [0.5, 0.6) is 0 Å². The van der Waals surface area contributed by atoms with Crippen molar-refractivity contribution in [2.75, 3.05) is 11.9 Å². The van der Waals surface area contributed by atoms with E-state index in [0.29, 0.717) is 21.9 Å². The number of anilines is 1. The fraction of sp³-hybridized carbons (Fsp3) is 0.250. The average molecular weight is 424 g/mol. The van der Waals surface area contributed by atoms with E-state index in [0.717, 1.165) is 0 Å². The van der Waals surface area contributed by atoms with Gasteiger partial charge in [0.05, 0.1) is 16.9 Å². The number of hydrogen-bond acceptors (Lipinski definition) is 7. The van der Waals surface area contributed by atoms with Crippen LogP contribution in [0.2, 0.25) is 0 Å². The summed E-state index contributed by atoms with van der Waals surface area (Å²) in [5.41, 5.74) is -0.770. The first-order valence-corrected chi connectivity index (χ1v) is 10.1. The zero-order valence-corrected chi connectivity index (χ0v) is 16.7. The van der Waals surface area contributed by atoms with Gasteiger partial charge in [-0.25, -0.2) is 9.78 Å². The number of benzene rings is 1. The number of thiazole rings is 1. The van der Waals surface area contributed by atoms with Gasteiger partial charge in [0.2, 0.25) is 11.6 Å². The number of fused-ring (bicyclic) bond motifs is 4. The van der Waals surface area contributed by atoms with Crippen molar-refractivity contribution in [2.24, 2.45) is 0 Å². The summed E-state index contributed by atoms with van der Waals surface area (Å²) in [4.78, 5) is 58.5. The van der Waals surface area contributed by atoms with E-state index in [1.54, 1.807) is 35.8 Å². The van der Waals surface area contributed by atoms with Crippen molar-refractivity contribution in [3.63, 3.8) is 0 Å². The molecule has 0 spiro atoms. The van der Waals surface area contributed by atoms with E-state index < -0.39 is 11.6 Å². The van der Waals surface area contributed by atoms with Crippen molar-refractivity contribution in [2.45, 2.75) is 25.1 Å². The van der Waals surface area contributed by atoms with E-state index in [1.165, 1.54) is 38.7 Å². The molecule has 0 radical (unpaired) electrons. The van der Waals surface area contributed by atoms with E-state index in [-0.39, 0.29) is 36.8 Å². The third kappa shape index (κ3) is 2.43. The van der Waals surface area contributed by atoms with Gasteiger partial charge in [-0.2, -0.15) is 0 Å². The van der Waals surface area contributed by atoms with E-state index in [1.807, 2.05) is 0 Å². The number of rotatable bonds is 3. The van der Waals surface area contributed by atoms with Crippen molar-refractivity contribution in [1.82, 2.24) is 14.3 Å². The van der Waals surface area contributed by atoms with E-state index in [2.05, 4.69) is 4.98 Å². The van der Waals surface area contributed by atoms with Gasteiger partial charge in [0, 0.05) is 37.5 Å². The lowest BCUT2D eigenvalue weighted by atomic mass is 9.97. The number of likely N-dealkylation sites (N-methyl/N-ethyl adjacent to an activating group) is 1. The third-order valence-corrected chi connectivity index (χ3v) is 6.33. The van der Waals surface area contributed by atoms with Crippen molar-refractivity contribution < 1.29 is 19.1 Å². The van der Waals surface area contributed by atoms with Crippen LogP contribution in [0, 0.1) is 0 Å². The maximum atomic E-state index is 13.3. The molecule has 3 aromatic rings. The first kappa shape index (κ1) is 18.5. The highest BCUT2D eigenvalue weighted by atomic mass is 32.1. The topological polar surface area (TPSA) is 101 Å². The molecule has 0 N–H and O–H groups in total. The Bertz CT molecular complexity index is 1280. The van der Waals surface area contributed by atoms with Gasteiger partial charge in [-0.3, -0.25) is 23.7 Å². The minimum Gasteiger partial charge on any atom is -0.456 e. The zero-order valence-electron chi connectivity index (χ0n) is 15.9. The number of carbonyl (C=O) groups is 3. The van der Waals surface area contributed by atoms with Crippen LogP contribution in [-0.2, 0) is 20.9 Å². The second kappa shape index (κ2) is 6.49. The number of hydrogen-bond donors (Lipinski definition) is 0. The smallest absolute Gasteiger partial charge is 0.354 e. The molecule has 0 saturated carbocycles. The zero-order chi connectivity index (χ0) is 21.0. The fourth-order valence-corrected chi connectivity index (χ4v) is 4.85. The van der Waals surface area contributed by atoms with Gasteiger partial charge in [-0.1, -0.05) is 12.1 Å². The van der Waals surface area contributed by atoms with Crippen LogP contribution in [0.1, 0.15) is 28.9 Å². The van der Waals surface area contributed by atoms with Gasteiger partial charge < -0.3 is 9.64 Å². The number of esters is 1. The minimum absolute atomic E-state index is 0.113. The molecule has 2 amide bonds. The summed E-state index contributed by atoms with van der Waals surface area (Å²) in [7, 11) is 1.49. The monoisotopic (exact) mass is 424 g/mol. The van der Waals surface area contributed by atoms with Crippen molar-refractivity contribution in [3.05, 3.63) is 63.5 Å². The lowest BCUT2D eigenvalue weighted by Crippen LogP contribution is -2.67. The van der Waals surface area contributed by atoms with Crippen molar-refractivity contribution in [1.29, 1.82) is 0 Å². The quantitative estimate of drug-likeness (QED) is 0.589. The molecule has 2 aliphatic rings. The molecule has 1 unspecified atom stereocenters. The summed E-state index contributed by atoms with van der Waals surface area (Å²) in [5, 5.41) is 1.74. The SMILES string of the molecule is CN1C(=O)c2ccccc2N2C(=O)CCC12C(=O)OCc1cc(=O)n2ccsc2n1. The van der Waals surface area contributed by atoms with Crippen molar-refractivity contribution >= 4 is 39.8 Å². The molecule has 30 heavy (non-hydrogen) atoms. The number of aromatic nitrogens is 2. The van der Waals surface area contributed by atoms with Crippen LogP contribution in [0.25, 0.3) is 4.96 Å². The summed E-state index contributed by atoms with van der Waals surface area (Å²) in [6, 6.07) is 8.00. The van der Waals surface area contributed by atoms with Crippen LogP contribution in [0.4, 0.5) is 5.69 Å². The van der Waals surface area contributed by atoms with Gasteiger partial charge in [-0.15, -0.1) is 11.3 Å². The average Bonchev–Trinajstić information content (AvgIpc) is 3.36. The summed E-state index contributed by atoms with van der Waals surface area (Å²) >= 11 is 1.29. The van der Waals surface area contributed by atoms with E-state index in [4.69, 9.17) is 4.74 Å². The fourth-order valence-electron chi connectivity index (χ4n) is 4.11. The van der Waals surface area contributed by atoms with Gasteiger partial charge in [-0.05, 0) is 12.1 Å². The van der Waals surface area contributed by atoms with Gasteiger partial charge in [0.25, 0.3) is 11.5 Å². The number of carbonyl (C=O) groups excluding carboxylic acids is 3. The molecule has 152 valence electrons. The Labute approximate surface area is 174 Å². The normalized spacial score (nSPS) is 20.4. The van der Waals surface area contributed by atoms with Gasteiger partial charge >= 0.3 is 5.97 Å². The number of ether oxygens (including phenoxy) is 1. The maximum Gasteiger partial charge on any atom is 0.354 e. The molecule has 2 aliphatic heterocycles. The molecule has 0 aliphatic carbocycles. The van der Waals surface area contributed by atoms with Crippen LogP contribution < -0.4 is 10.5 Å². The first-order chi connectivity index (χ1) is 14.4. The maximum absolute atomic E-state index is 13.3. The number of nitrogens with zero attached hydrogens (tertiary/aromatic N) is 4. The molecule has 4 heterocycles. The van der Waals surface area contributed by atoms with Gasteiger partial charge in [0.15, 0.2) is 4.96 Å². The Kier molecular flexibility index (Phi) is 4.00. The number of amides is 2. The first-order valence-electron chi connectivity index (χ1n) is 9.27. The van der Waals surface area contributed by atoms with E-state index in [9.17, 15) is 19.2 Å². The summed E-state index contributed by atoms with van der Waals surface area (Å²) < 4.78 is 6.90.